The molecule has 0 saturated heterocycles. The van der Waals surface area contributed by atoms with Crippen LogP contribution in [-0.2, 0) is 0 Å². The Morgan fingerprint density at radius 3 is 2.77 bits per heavy atom. The molecule has 1 amide bonds. The number of primary amides is 1. The standard InChI is InChI=1S/C19H20ClN3O3/c1-12(24)18(23-10-17(19(21)25)22-11-23)6-7-26-16-5-3-13-2-4-15(20)8-14(13)9-16/h2-5,8-12,18,24H,6-7H2,1H3,(H2,21,25). The molecule has 2 aromatic carbocycles. The summed E-state index contributed by atoms with van der Waals surface area (Å²) in [5.74, 6) is 0.131. The van der Waals surface area contributed by atoms with Crippen molar-refractivity contribution in [3.05, 3.63) is 59.6 Å². The number of fused-ring (bicyclic) bond motifs is 1. The van der Waals surface area contributed by atoms with Crippen LogP contribution >= 0.6 is 11.6 Å². The molecule has 6 nitrogen and oxygen atoms in total. The average molecular weight is 374 g/mol. The van der Waals surface area contributed by atoms with E-state index in [2.05, 4.69) is 4.98 Å². The largest absolute Gasteiger partial charge is 0.493 e. The van der Waals surface area contributed by atoms with E-state index in [1.54, 1.807) is 11.5 Å². The molecule has 2 atom stereocenters. The maximum absolute atomic E-state index is 11.2. The van der Waals surface area contributed by atoms with Crippen molar-refractivity contribution in [2.75, 3.05) is 6.61 Å². The SMILES string of the molecule is CC(O)C(CCOc1ccc2ccc(Cl)cc2c1)n1cnc(C(N)=O)c1. The first kappa shape index (κ1) is 18.2. The normalized spacial score (nSPS) is 13.5. The number of carbonyl (C=O) groups excluding carboxylic acids is 1. The predicted molar refractivity (Wildman–Crippen MR) is 101 cm³/mol. The van der Waals surface area contributed by atoms with E-state index in [0.717, 1.165) is 16.5 Å². The average Bonchev–Trinajstić information content (AvgIpc) is 3.08. The molecule has 2 unspecified atom stereocenters. The van der Waals surface area contributed by atoms with Crippen molar-refractivity contribution < 1.29 is 14.6 Å². The number of halogens is 1. The van der Waals surface area contributed by atoms with Crippen LogP contribution in [0.4, 0.5) is 0 Å². The van der Waals surface area contributed by atoms with Crippen LogP contribution in [0.5, 0.6) is 5.75 Å². The topological polar surface area (TPSA) is 90.4 Å². The van der Waals surface area contributed by atoms with E-state index < -0.39 is 12.0 Å². The number of ether oxygens (including phenoxy) is 1. The van der Waals surface area contributed by atoms with Crippen molar-refractivity contribution in [1.29, 1.82) is 0 Å². The zero-order valence-electron chi connectivity index (χ0n) is 14.3. The summed E-state index contributed by atoms with van der Waals surface area (Å²) >= 11 is 6.03. The molecule has 3 rings (SSSR count). The van der Waals surface area contributed by atoms with Crippen LogP contribution < -0.4 is 10.5 Å². The Morgan fingerprint density at radius 2 is 2.08 bits per heavy atom. The second-order valence-electron chi connectivity index (χ2n) is 6.17. The summed E-state index contributed by atoms with van der Waals surface area (Å²) in [6.07, 6.45) is 2.94. The maximum Gasteiger partial charge on any atom is 0.268 e. The molecule has 0 saturated carbocycles. The van der Waals surface area contributed by atoms with Crippen LogP contribution in [-0.4, -0.2) is 33.3 Å². The summed E-state index contributed by atoms with van der Waals surface area (Å²) < 4.78 is 7.52. The number of aromatic nitrogens is 2. The smallest absolute Gasteiger partial charge is 0.268 e. The highest BCUT2D eigenvalue weighted by molar-refractivity contribution is 6.31. The highest BCUT2D eigenvalue weighted by Gasteiger charge is 2.18. The van der Waals surface area contributed by atoms with Gasteiger partial charge >= 0.3 is 0 Å². The van der Waals surface area contributed by atoms with Gasteiger partial charge in [-0.2, -0.15) is 0 Å². The lowest BCUT2D eigenvalue weighted by atomic mass is 10.1. The van der Waals surface area contributed by atoms with E-state index in [0.29, 0.717) is 18.1 Å². The van der Waals surface area contributed by atoms with Gasteiger partial charge in [-0.05, 0) is 42.0 Å². The minimum atomic E-state index is -0.635. The molecular weight excluding hydrogens is 354 g/mol. The molecule has 136 valence electrons. The van der Waals surface area contributed by atoms with Gasteiger partial charge in [0.2, 0.25) is 0 Å². The van der Waals surface area contributed by atoms with E-state index in [4.69, 9.17) is 22.1 Å². The molecule has 0 bridgehead atoms. The van der Waals surface area contributed by atoms with Crippen molar-refractivity contribution in [2.45, 2.75) is 25.5 Å². The molecule has 0 spiro atoms. The van der Waals surface area contributed by atoms with E-state index in [1.165, 1.54) is 12.5 Å². The Balaban J connectivity index is 1.67. The van der Waals surface area contributed by atoms with E-state index in [9.17, 15) is 9.90 Å². The molecule has 1 heterocycles. The molecule has 3 N–H and O–H groups in total. The van der Waals surface area contributed by atoms with Crippen molar-refractivity contribution in [1.82, 2.24) is 9.55 Å². The first-order valence-corrected chi connectivity index (χ1v) is 8.65. The monoisotopic (exact) mass is 373 g/mol. The van der Waals surface area contributed by atoms with Gasteiger partial charge in [0.15, 0.2) is 0 Å². The summed E-state index contributed by atoms with van der Waals surface area (Å²) in [6, 6.07) is 11.2. The number of rotatable bonds is 7. The number of amides is 1. The lowest BCUT2D eigenvalue weighted by Crippen LogP contribution is -2.23. The molecule has 3 aromatic rings. The van der Waals surface area contributed by atoms with Gasteiger partial charge in [0.1, 0.15) is 11.4 Å². The van der Waals surface area contributed by atoms with Crippen LogP contribution in [0, 0.1) is 0 Å². The van der Waals surface area contributed by atoms with Crippen molar-refractivity contribution in [2.24, 2.45) is 5.73 Å². The first-order chi connectivity index (χ1) is 12.4. The van der Waals surface area contributed by atoms with E-state index >= 15 is 0 Å². The van der Waals surface area contributed by atoms with Gasteiger partial charge < -0.3 is 20.1 Å². The summed E-state index contributed by atoms with van der Waals surface area (Å²) in [4.78, 5) is 15.1. The molecule has 0 aliphatic heterocycles. The summed E-state index contributed by atoms with van der Waals surface area (Å²) in [5.41, 5.74) is 5.39. The van der Waals surface area contributed by atoms with Crippen molar-refractivity contribution >= 4 is 28.3 Å². The Morgan fingerprint density at radius 1 is 1.31 bits per heavy atom. The lowest BCUT2D eigenvalue weighted by Gasteiger charge is -2.21. The Kier molecular flexibility index (Phi) is 5.44. The number of hydrogen-bond acceptors (Lipinski definition) is 4. The molecule has 7 heteroatoms. The van der Waals surface area contributed by atoms with Crippen molar-refractivity contribution in [3.8, 4) is 5.75 Å². The highest BCUT2D eigenvalue weighted by atomic mass is 35.5. The molecule has 1 aromatic heterocycles. The first-order valence-electron chi connectivity index (χ1n) is 8.27. The number of imidazole rings is 1. The number of benzene rings is 2. The summed E-state index contributed by atoms with van der Waals surface area (Å²) in [5, 5.41) is 12.8. The molecule has 26 heavy (non-hydrogen) atoms. The van der Waals surface area contributed by atoms with Gasteiger partial charge in [0, 0.05) is 17.6 Å². The molecule has 0 aliphatic rings. The van der Waals surface area contributed by atoms with Crippen LogP contribution in [0.2, 0.25) is 5.02 Å². The Labute approximate surface area is 156 Å². The van der Waals surface area contributed by atoms with Gasteiger partial charge in [-0.3, -0.25) is 4.79 Å². The van der Waals surface area contributed by atoms with Gasteiger partial charge in [-0.25, -0.2) is 4.98 Å². The molecule has 0 radical (unpaired) electrons. The second-order valence-corrected chi connectivity index (χ2v) is 6.61. The lowest BCUT2D eigenvalue weighted by molar-refractivity contribution is 0.0993. The highest BCUT2D eigenvalue weighted by Crippen LogP contribution is 2.25. The number of aliphatic hydroxyl groups is 1. The Bertz CT molecular complexity index is 923. The van der Waals surface area contributed by atoms with Gasteiger partial charge in [-0.15, -0.1) is 0 Å². The van der Waals surface area contributed by atoms with E-state index in [-0.39, 0.29) is 11.7 Å². The molecular formula is C19H20ClN3O3. The second kappa shape index (κ2) is 7.76. The zero-order chi connectivity index (χ0) is 18.7. The summed E-state index contributed by atoms with van der Waals surface area (Å²) in [7, 11) is 0. The predicted octanol–water partition coefficient (Wildman–Crippen LogP) is 3.18. The van der Waals surface area contributed by atoms with Gasteiger partial charge in [0.05, 0.1) is 25.1 Å². The third-order valence-electron chi connectivity index (χ3n) is 4.25. The summed E-state index contributed by atoms with van der Waals surface area (Å²) in [6.45, 7) is 2.08. The maximum atomic E-state index is 11.2. The number of nitrogens with zero attached hydrogens (tertiary/aromatic N) is 2. The van der Waals surface area contributed by atoms with Crippen LogP contribution in [0.25, 0.3) is 10.8 Å². The van der Waals surface area contributed by atoms with Crippen LogP contribution in [0.1, 0.15) is 29.9 Å². The van der Waals surface area contributed by atoms with Crippen LogP contribution in [0.3, 0.4) is 0 Å². The molecule has 0 aliphatic carbocycles. The number of aliphatic hydroxyl groups excluding tert-OH is 1. The zero-order valence-corrected chi connectivity index (χ0v) is 15.1. The van der Waals surface area contributed by atoms with E-state index in [1.807, 2.05) is 36.4 Å². The fourth-order valence-electron chi connectivity index (χ4n) is 2.87. The third-order valence-corrected chi connectivity index (χ3v) is 4.48. The quantitative estimate of drug-likeness (QED) is 0.665. The van der Waals surface area contributed by atoms with Crippen molar-refractivity contribution in [3.63, 3.8) is 0 Å². The fraction of sp³-hybridized carbons (Fsp3) is 0.263. The third kappa shape index (κ3) is 4.15. The van der Waals surface area contributed by atoms with Gasteiger partial charge in [-0.1, -0.05) is 23.7 Å². The number of hydrogen-bond donors (Lipinski definition) is 2. The number of nitrogens with two attached hydrogens (primary N) is 1. The number of carbonyl (C=O) groups is 1. The Hall–Kier alpha value is -2.57. The minimum Gasteiger partial charge on any atom is -0.493 e. The van der Waals surface area contributed by atoms with Crippen LogP contribution in [0.15, 0.2) is 48.9 Å². The van der Waals surface area contributed by atoms with Gasteiger partial charge in [0.25, 0.3) is 5.91 Å². The molecule has 0 fully saturated rings. The fourth-order valence-corrected chi connectivity index (χ4v) is 3.05. The minimum absolute atomic E-state index is 0.169.